The van der Waals surface area contributed by atoms with E-state index in [0.717, 1.165) is 28.2 Å². The summed E-state index contributed by atoms with van der Waals surface area (Å²) in [6.07, 6.45) is 3.61. The van der Waals surface area contributed by atoms with E-state index < -0.39 is 23.3 Å². The van der Waals surface area contributed by atoms with Crippen LogP contribution in [0.4, 0.5) is 0 Å². The van der Waals surface area contributed by atoms with Gasteiger partial charge in [-0.2, -0.15) is 5.10 Å². The van der Waals surface area contributed by atoms with Gasteiger partial charge in [-0.3, -0.25) is 9.48 Å². The molecule has 1 atom stereocenters. The van der Waals surface area contributed by atoms with Gasteiger partial charge < -0.3 is 10.1 Å². The Kier molecular flexibility index (Phi) is 6.81. The Labute approximate surface area is 168 Å². The van der Waals surface area contributed by atoms with E-state index in [9.17, 15) is 9.59 Å². The molecule has 1 unspecified atom stereocenters. The van der Waals surface area contributed by atoms with E-state index in [-0.39, 0.29) is 0 Å². The third kappa shape index (κ3) is 4.97. The Morgan fingerprint density at radius 3 is 2.70 bits per heavy atom. The van der Waals surface area contributed by atoms with Crippen molar-refractivity contribution in [3.8, 4) is 0 Å². The van der Waals surface area contributed by atoms with Gasteiger partial charge in [-0.15, -0.1) is 6.58 Å². The summed E-state index contributed by atoms with van der Waals surface area (Å²) in [7, 11) is 1.31. The number of hydrogen-bond donors (Lipinski definition) is 1. The quantitative estimate of drug-likeness (QED) is 0.403. The van der Waals surface area contributed by atoms with Gasteiger partial charge in [0.25, 0.3) is 5.91 Å². The fourth-order valence-corrected chi connectivity index (χ4v) is 3.18. The Morgan fingerprint density at radius 1 is 1.41 bits per heavy atom. The minimum absolute atomic E-state index is 0.294. The molecular formula is C20H26BrN3O3. The summed E-state index contributed by atoms with van der Waals surface area (Å²) in [5, 5.41) is 8.05. The van der Waals surface area contributed by atoms with Crippen molar-refractivity contribution in [2.24, 2.45) is 5.41 Å². The van der Waals surface area contributed by atoms with E-state index in [1.165, 1.54) is 7.11 Å². The van der Waals surface area contributed by atoms with Gasteiger partial charge in [-0.25, -0.2) is 4.79 Å². The summed E-state index contributed by atoms with van der Waals surface area (Å²) >= 11 is 3.45. The number of esters is 1. The molecule has 1 heterocycles. The Morgan fingerprint density at radius 2 is 2.11 bits per heavy atom. The molecule has 0 radical (unpaired) electrons. The van der Waals surface area contributed by atoms with Crippen LogP contribution in [0.2, 0.25) is 0 Å². The van der Waals surface area contributed by atoms with Crippen LogP contribution < -0.4 is 5.32 Å². The zero-order valence-electron chi connectivity index (χ0n) is 16.2. The maximum absolute atomic E-state index is 13.0. The standard InChI is InChI=1S/C20H26BrN3O3/c1-6-7-8-11-24-15-10-9-13(21)12-14(15)16(23-24)18(25)22-17(19(26)27-5)20(2,3)4/h6,9-10,12,17H,1,7-8,11H2,2-5H3,(H,22,25). The summed E-state index contributed by atoms with van der Waals surface area (Å²) in [5.41, 5.74) is 0.673. The summed E-state index contributed by atoms with van der Waals surface area (Å²) < 4.78 is 7.54. The molecule has 0 saturated heterocycles. The number of benzene rings is 1. The fourth-order valence-electron chi connectivity index (χ4n) is 2.82. The van der Waals surface area contributed by atoms with E-state index >= 15 is 0 Å². The number of amides is 1. The minimum atomic E-state index is -0.775. The average molecular weight is 436 g/mol. The van der Waals surface area contributed by atoms with Crippen LogP contribution in [0.25, 0.3) is 10.9 Å². The highest BCUT2D eigenvalue weighted by atomic mass is 79.9. The topological polar surface area (TPSA) is 73.2 Å². The Balaban J connectivity index is 2.41. The first kappa shape index (κ1) is 21.2. The van der Waals surface area contributed by atoms with Gasteiger partial charge in [0.05, 0.1) is 12.6 Å². The van der Waals surface area contributed by atoms with Crippen LogP contribution in [0.5, 0.6) is 0 Å². The normalized spacial score (nSPS) is 12.6. The third-order valence-electron chi connectivity index (χ3n) is 4.28. The minimum Gasteiger partial charge on any atom is -0.467 e. The Hall–Kier alpha value is -2.15. The molecule has 1 aromatic heterocycles. The maximum atomic E-state index is 13.0. The number of fused-ring (bicyclic) bond motifs is 1. The molecule has 1 amide bonds. The van der Waals surface area contributed by atoms with Gasteiger partial charge in [0.15, 0.2) is 5.69 Å². The van der Waals surface area contributed by atoms with E-state index in [0.29, 0.717) is 12.2 Å². The molecule has 0 bridgehead atoms. The van der Waals surface area contributed by atoms with E-state index in [1.807, 2.05) is 49.7 Å². The smallest absolute Gasteiger partial charge is 0.328 e. The number of aromatic nitrogens is 2. The van der Waals surface area contributed by atoms with Crippen LogP contribution in [0.3, 0.4) is 0 Å². The lowest BCUT2D eigenvalue weighted by atomic mass is 9.86. The SMILES string of the molecule is C=CCCCn1nc(C(=O)NC(C(=O)OC)C(C)(C)C)c2cc(Br)ccc21. The summed E-state index contributed by atoms with van der Waals surface area (Å²) in [6.45, 7) is 10.0. The predicted molar refractivity (Wildman–Crippen MR) is 110 cm³/mol. The second-order valence-corrected chi connectivity index (χ2v) is 8.38. The number of allylic oxidation sites excluding steroid dienone is 1. The third-order valence-corrected chi connectivity index (χ3v) is 4.78. The molecule has 0 fully saturated rings. The molecule has 1 aromatic carbocycles. The van der Waals surface area contributed by atoms with Crippen LogP contribution in [0.15, 0.2) is 35.3 Å². The van der Waals surface area contributed by atoms with Crippen molar-refractivity contribution in [2.75, 3.05) is 7.11 Å². The summed E-state index contributed by atoms with van der Waals surface area (Å²) in [6, 6.07) is 4.94. The van der Waals surface area contributed by atoms with Crippen molar-refractivity contribution in [1.29, 1.82) is 0 Å². The van der Waals surface area contributed by atoms with Crippen molar-refractivity contribution < 1.29 is 14.3 Å². The maximum Gasteiger partial charge on any atom is 0.328 e. The lowest BCUT2D eigenvalue weighted by Crippen LogP contribution is -2.49. The van der Waals surface area contributed by atoms with Crippen LogP contribution in [0.1, 0.15) is 44.1 Å². The molecule has 146 valence electrons. The molecule has 2 rings (SSSR count). The fraction of sp³-hybridized carbons (Fsp3) is 0.450. The summed E-state index contributed by atoms with van der Waals surface area (Å²) in [4.78, 5) is 25.1. The number of halogens is 1. The zero-order chi connectivity index (χ0) is 20.2. The number of unbranched alkanes of at least 4 members (excludes halogenated alkanes) is 1. The molecule has 2 aromatic rings. The van der Waals surface area contributed by atoms with Crippen LogP contribution in [0, 0.1) is 5.41 Å². The molecule has 27 heavy (non-hydrogen) atoms. The van der Waals surface area contributed by atoms with Crippen LogP contribution in [-0.4, -0.2) is 34.8 Å². The number of aryl methyl sites for hydroxylation is 1. The number of ether oxygens (including phenoxy) is 1. The highest BCUT2D eigenvalue weighted by Gasteiger charge is 2.34. The number of carbonyl (C=O) groups is 2. The molecular weight excluding hydrogens is 410 g/mol. The lowest BCUT2D eigenvalue weighted by molar-refractivity contribution is -0.145. The van der Waals surface area contributed by atoms with Crippen molar-refractivity contribution in [3.63, 3.8) is 0 Å². The average Bonchev–Trinajstić information content (AvgIpc) is 2.96. The number of hydrogen-bond acceptors (Lipinski definition) is 4. The molecule has 0 aliphatic rings. The van der Waals surface area contributed by atoms with Crippen LogP contribution >= 0.6 is 15.9 Å². The number of methoxy groups -OCH3 is 1. The molecule has 0 aliphatic carbocycles. The Bertz CT molecular complexity index is 852. The number of nitrogens with zero attached hydrogens (tertiary/aromatic N) is 2. The van der Waals surface area contributed by atoms with Crippen molar-refractivity contribution in [2.45, 2.75) is 46.2 Å². The molecule has 7 heteroatoms. The largest absolute Gasteiger partial charge is 0.467 e. The highest BCUT2D eigenvalue weighted by molar-refractivity contribution is 9.10. The molecule has 0 saturated carbocycles. The monoisotopic (exact) mass is 435 g/mol. The second-order valence-electron chi connectivity index (χ2n) is 7.46. The molecule has 1 N–H and O–H groups in total. The zero-order valence-corrected chi connectivity index (χ0v) is 17.8. The molecule has 0 spiro atoms. The second kappa shape index (κ2) is 8.69. The van der Waals surface area contributed by atoms with Crippen LogP contribution in [-0.2, 0) is 16.1 Å². The van der Waals surface area contributed by atoms with Gasteiger partial charge in [-0.05, 0) is 36.5 Å². The van der Waals surface area contributed by atoms with Crippen molar-refractivity contribution in [1.82, 2.24) is 15.1 Å². The van der Waals surface area contributed by atoms with E-state index in [1.54, 1.807) is 0 Å². The van der Waals surface area contributed by atoms with Crippen molar-refractivity contribution >= 4 is 38.7 Å². The number of rotatable bonds is 7. The van der Waals surface area contributed by atoms with E-state index in [4.69, 9.17) is 4.74 Å². The predicted octanol–water partition coefficient (Wildman–Crippen LogP) is 4.08. The summed E-state index contributed by atoms with van der Waals surface area (Å²) in [5.74, 6) is -0.877. The first-order chi connectivity index (χ1) is 12.7. The molecule has 6 nitrogen and oxygen atoms in total. The van der Waals surface area contributed by atoms with Gasteiger partial charge in [-0.1, -0.05) is 42.8 Å². The number of carbonyl (C=O) groups excluding carboxylic acids is 2. The van der Waals surface area contributed by atoms with Crippen molar-refractivity contribution in [3.05, 3.63) is 41.0 Å². The molecule has 0 aliphatic heterocycles. The van der Waals surface area contributed by atoms with Gasteiger partial charge in [0, 0.05) is 16.4 Å². The lowest BCUT2D eigenvalue weighted by Gasteiger charge is -2.28. The first-order valence-electron chi connectivity index (χ1n) is 8.84. The van der Waals surface area contributed by atoms with Gasteiger partial charge in [0.1, 0.15) is 6.04 Å². The first-order valence-corrected chi connectivity index (χ1v) is 9.64. The highest BCUT2D eigenvalue weighted by Crippen LogP contribution is 2.25. The van der Waals surface area contributed by atoms with E-state index in [2.05, 4.69) is 32.9 Å². The number of nitrogens with one attached hydrogen (secondary N) is 1. The van der Waals surface area contributed by atoms with Gasteiger partial charge >= 0.3 is 5.97 Å². The van der Waals surface area contributed by atoms with Gasteiger partial charge in [0.2, 0.25) is 0 Å².